The molecule has 1 saturated carbocycles. The number of likely N-dealkylation sites (tertiary alicyclic amines) is 1. The van der Waals surface area contributed by atoms with Gasteiger partial charge in [-0.25, -0.2) is 0 Å². The van der Waals surface area contributed by atoms with Crippen LogP contribution in [0.3, 0.4) is 0 Å². The van der Waals surface area contributed by atoms with Crippen molar-refractivity contribution in [2.24, 2.45) is 23.7 Å². The van der Waals surface area contributed by atoms with Crippen molar-refractivity contribution in [1.29, 1.82) is 0 Å². The average molecular weight is 525 g/mol. The highest BCUT2D eigenvalue weighted by atomic mass is 16.5. The number of benzene rings is 1. The molecule has 10 heteroatoms. The number of aliphatic hydroxyl groups is 1. The van der Waals surface area contributed by atoms with Gasteiger partial charge in [0, 0.05) is 29.9 Å². The number of H-pyrrole nitrogens is 1. The Bertz CT molecular complexity index is 1240. The number of Topliss-reactive ketones (excluding diaryl/α,β-unsaturated/α-hetero) is 1. The van der Waals surface area contributed by atoms with E-state index in [1.807, 2.05) is 25.1 Å². The van der Waals surface area contributed by atoms with Crippen molar-refractivity contribution in [3.05, 3.63) is 30.0 Å². The Labute approximate surface area is 221 Å². The minimum Gasteiger partial charge on any atom is -0.496 e. The first-order chi connectivity index (χ1) is 18.3. The Hall–Kier alpha value is -3.40. The largest absolute Gasteiger partial charge is 0.496 e. The molecule has 3 amide bonds. The first-order valence-corrected chi connectivity index (χ1v) is 13.5. The lowest BCUT2D eigenvalue weighted by Crippen LogP contribution is -2.54. The fourth-order valence-electron chi connectivity index (χ4n) is 6.67. The molecule has 3 aliphatic rings. The lowest BCUT2D eigenvalue weighted by atomic mass is 9.82. The Morgan fingerprint density at radius 2 is 2.05 bits per heavy atom. The van der Waals surface area contributed by atoms with E-state index in [-0.39, 0.29) is 36.0 Å². The molecule has 5 rings (SSSR count). The lowest BCUT2D eigenvalue weighted by molar-refractivity contribution is -0.134. The topological polar surface area (TPSA) is 141 Å². The zero-order valence-corrected chi connectivity index (χ0v) is 21.9. The molecule has 1 aromatic heterocycles. The molecule has 0 radical (unpaired) electrons. The fourth-order valence-corrected chi connectivity index (χ4v) is 6.67. The van der Waals surface area contributed by atoms with Crippen LogP contribution in [0.5, 0.6) is 5.75 Å². The zero-order valence-electron chi connectivity index (χ0n) is 21.9. The monoisotopic (exact) mass is 524 g/mol. The highest BCUT2D eigenvalue weighted by Crippen LogP contribution is 2.43. The van der Waals surface area contributed by atoms with E-state index >= 15 is 0 Å². The Kier molecular flexibility index (Phi) is 7.43. The molecular formula is C28H36N4O6. The van der Waals surface area contributed by atoms with Crippen LogP contribution in [0.15, 0.2) is 24.3 Å². The Balaban J connectivity index is 1.39. The third-order valence-corrected chi connectivity index (χ3v) is 8.77. The second kappa shape index (κ2) is 10.8. The van der Waals surface area contributed by atoms with Crippen molar-refractivity contribution < 1.29 is 29.0 Å². The molecule has 10 nitrogen and oxygen atoms in total. The molecule has 6 atom stereocenters. The molecule has 3 fully saturated rings. The van der Waals surface area contributed by atoms with Gasteiger partial charge in [0.25, 0.3) is 5.91 Å². The molecule has 3 heterocycles. The Morgan fingerprint density at radius 3 is 2.79 bits per heavy atom. The molecule has 2 aliphatic heterocycles. The summed E-state index contributed by atoms with van der Waals surface area (Å²) in [6.07, 6.45) is 3.66. The van der Waals surface area contributed by atoms with E-state index in [0.29, 0.717) is 24.5 Å². The van der Waals surface area contributed by atoms with Crippen LogP contribution in [0, 0.1) is 23.7 Å². The third-order valence-electron chi connectivity index (χ3n) is 8.77. The summed E-state index contributed by atoms with van der Waals surface area (Å²) in [5.74, 6) is -0.882. The molecular weight excluding hydrogens is 488 g/mol. The van der Waals surface area contributed by atoms with E-state index in [0.717, 1.165) is 36.6 Å². The number of fused-ring (bicyclic) bond motifs is 2. The van der Waals surface area contributed by atoms with Crippen LogP contribution < -0.4 is 15.4 Å². The summed E-state index contributed by atoms with van der Waals surface area (Å²) in [4.78, 5) is 57.5. The highest BCUT2D eigenvalue weighted by molar-refractivity contribution is 6.02. The number of nitrogens with one attached hydrogen (secondary N) is 3. The van der Waals surface area contributed by atoms with E-state index in [4.69, 9.17) is 4.74 Å². The summed E-state index contributed by atoms with van der Waals surface area (Å²) in [5, 5.41) is 16.1. The third kappa shape index (κ3) is 4.77. The van der Waals surface area contributed by atoms with Gasteiger partial charge in [-0.3, -0.25) is 19.2 Å². The number of nitrogens with zero attached hydrogens (tertiary/aromatic N) is 1. The smallest absolute Gasteiger partial charge is 0.271 e. The number of rotatable bonds is 8. The van der Waals surface area contributed by atoms with Crippen molar-refractivity contribution in [2.75, 3.05) is 26.8 Å². The van der Waals surface area contributed by atoms with Crippen LogP contribution in [0.1, 0.15) is 49.5 Å². The standard InChI is InChI=1S/C28H36N4O6/c1-15-9-10-29-26(35)18(15)11-21(23(34)14-33)31-27(36)25-17-6-3-5-16(17)13-32(25)28(37)22-12-19-20(30-22)7-4-8-24(19)38-2/h4,7-8,12,15-18,21,25,30,33H,3,5-6,9-11,13-14H2,1-2H3,(H,29,35)(H,31,36)/t15-,16-,17-,18+,21-,25-/m0/s1. The van der Waals surface area contributed by atoms with Crippen LogP contribution in [0.25, 0.3) is 10.9 Å². The number of carbonyl (C=O) groups excluding carboxylic acids is 4. The van der Waals surface area contributed by atoms with Crippen LogP contribution in [-0.2, 0) is 14.4 Å². The molecule has 4 N–H and O–H groups in total. The Morgan fingerprint density at radius 1 is 1.24 bits per heavy atom. The number of ether oxygens (including phenoxy) is 1. The van der Waals surface area contributed by atoms with Crippen LogP contribution in [-0.4, -0.2) is 77.4 Å². The van der Waals surface area contributed by atoms with Gasteiger partial charge in [-0.05, 0) is 61.6 Å². The minimum atomic E-state index is -1.00. The molecule has 1 aromatic carbocycles. The summed E-state index contributed by atoms with van der Waals surface area (Å²) >= 11 is 0. The molecule has 2 saturated heterocycles. The maximum Gasteiger partial charge on any atom is 0.271 e. The maximum atomic E-state index is 13.8. The average Bonchev–Trinajstić information content (AvgIpc) is 3.63. The number of methoxy groups -OCH3 is 1. The van der Waals surface area contributed by atoms with Gasteiger partial charge in [0.15, 0.2) is 5.78 Å². The maximum absolute atomic E-state index is 13.8. The van der Waals surface area contributed by atoms with Gasteiger partial charge < -0.3 is 30.4 Å². The first kappa shape index (κ1) is 26.2. The number of amides is 3. The molecule has 204 valence electrons. The number of aromatic amines is 1. The van der Waals surface area contributed by atoms with Gasteiger partial charge in [-0.15, -0.1) is 0 Å². The van der Waals surface area contributed by atoms with Crippen LogP contribution in [0.4, 0.5) is 0 Å². The summed E-state index contributed by atoms with van der Waals surface area (Å²) in [5.41, 5.74) is 1.14. The minimum absolute atomic E-state index is 0.000328. The van der Waals surface area contributed by atoms with E-state index in [1.54, 1.807) is 18.1 Å². The number of ketones is 1. The van der Waals surface area contributed by atoms with Crippen molar-refractivity contribution in [3.63, 3.8) is 0 Å². The second-order valence-corrected chi connectivity index (χ2v) is 10.9. The van der Waals surface area contributed by atoms with Gasteiger partial charge in [0.05, 0.1) is 13.2 Å². The molecule has 38 heavy (non-hydrogen) atoms. The number of hydrogen-bond donors (Lipinski definition) is 4. The second-order valence-electron chi connectivity index (χ2n) is 10.9. The molecule has 1 aliphatic carbocycles. The molecule has 0 bridgehead atoms. The normalized spacial score (nSPS) is 27.6. The number of piperidine rings is 1. The molecule has 2 aromatic rings. The SMILES string of the molecule is COc1cccc2[nH]c(C(=O)N3C[C@@H]4CCC[C@@H]4[C@H]3C(=O)N[C@@H](C[C@H]3C(=O)NCC[C@@H]3C)C(=O)CO)cc12. The zero-order chi connectivity index (χ0) is 27.0. The lowest BCUT2D eigenvalue weighted by Gasteiger charge is -2.32. The summed E-state index contributed by atoms with van der Waals surface area (Å²) < 4.78 is 5.43. The summed E-state index contributed by atoms with van der Waals surface area (Å²) in [6, 6.07) is 5.56. The summed E-state index contributed by atoms with van der Waals surface area (Å²) in [6.45, 7) is 2.28. The first-order valence-electron chi connectivity index (χ1n) is 13.5. The van der Waals surface area contributed by atoms with Crippen molar-refractivity contribution >= 4 is 34.4 Å². The molecule has 0 unspecified atom stereocenters. The van der Waals surface area contributed by atoms with Gasteiger partial charge in [0.2, 0.25) is 11.8 Å². The fraction of sp³-hybridized carbons (Fsp3) is 0.571. The van der Waals surface area contributed by atoms with Gasteiger partial charge in [0.1, 0.15) is 24.1 Å². The molecule has 0 spiro atoms. The van der Waals surface area contributed by atoms with Crippen LogP contribution in [0.2, 0.25) is 0 Å². The quantitative estimate of drug-likeness (QED) is 0.414. The van der Waals surface area contributed by atoms with Crippen LogP contribution >= 0.6 is 0 Å². The van der Waals surface area contributed by atoms with E-state index in [9.17, 15) is 24.3 Å². The van der Waals surface area contributed by atoms with Crippen molar-refractivity contribution in [2.45, 2.75) is 51.1 Å². The predicted molar refractivity (Wildman–Crippen MR) is 139 cm³/mol. The van der Waals surface area contributed by atoms with Gasteiger partial charge in [-0.1, -0.05) is 19.4 Å². The number of aliphatic hydroxyl groups excluding tert-OH is 1. The number of hydrogen-bond acceptors (Lipinski definition) is 6. The van der Waals surface area contributed by atoms with Gasteiger partial charge in [-0.2, -0.15) is 0 Å². The van der Waals surface area contributed by atoms with E-state index in [1.165, 1.54) is 0 Å². The van der Waals surface area contributed by atoms with E-state index < -0.39 is 36.3 Å². The number of carbonyl (C=O) groups is 4. The van der Waals surface area contributed by atoms with Gasteiger partial charge >= 0.3 is 0 Å². The highest BCUT2D eigenvalue weighted by Gasteiger charge is 2.50. The van der Waals surface area contributed by atoms with Crippen molar-refractivity contribution in [3.8, 4) is 5.75 Å². The van der Waals surface area contributed by atoms with Crippen molar-refractivity contribution in [1.82, 2.24) is 20.5 Å². The summed E-state index contributed by atoms with van der Waals surface area (Å²) in [7, 11) is 1.58. The number of aromatic nitrogens is 1. The van der Waals surface area contributed by atoms with E-state index in [2.05, 4.69) is 15.6 Å². The predicted octanol–water partition coefficient (Wildman–Crippen LogP) is 1.63.